The van der Waals surface area contributed by atoms with Crippen LogP contribution in [-0.4, -0.2) is 46.0 Å². The fraction of sp³-hybridized carbons (Fsp3) is 0.818. The number of aliphatic carboxylic acids is 1. The summed E-state index contributed by atoms with van der Waals surface area (Å²) >= 11 is 1.61. The lowest BCUT2D eigenvalue weighted by Gasteiger charge is -2.46. The largest absolute Gasteiger partial charge is 0.479 e. The average Bonchev–Trinajstić information content (AvgIpc) is 2.14. The predicted molar refractivity (Wildman–Crippen MR) is 64.5 cm³/mol. The number of nitrogens with zero attached hydrogens (tertiary/aromatic N) is 1. The van der Waals surface area contributed by atoms with Crippen molar-refractivity contribution in [2.45, 2.75) is 32.7 Å². The summed E-state index contributed by atoms with van der Waals surface area (Å²) in [5.74, 6) is 0.321. The first-order chi connectivity index (χ1) is 7.21. The zero-order valence-corrected chi connectivity index (χ0v) is 11.1. The summed E-state index contributed by atoms with van der Waals surface area (Å²) in [6.07, 6.45) is 0.512. The first-order valence-electron chi connectivity index (χ1n) is 5.27. The number of amides is 1. The second-order valence-corrected chi connectivity index (χ2v) is 6.23. The van der Waals surface area contributed by atoms with Crippen molar-refractivity contribution in [2.75, 3.05) is 18.6 Å². The molecule has 0 bridgehead atoms. The van der Waals surface area contributed by atoms with Crippen LogP contribution in [0.1, 0.15) is 27.2 Å². The van der Waals surface area contributed by atoms with E-state index in [-0.39, 0.29) is 11.3 Å². The lowest BCUT2D eigenvalue weighted by atomic mass is 9.79. The molecule has 16 heavy (non-hydrogen) atoms. The molecule has 0 saturated carbocycles. The number of carbonyl (C=O) groups excluding carboxylic acids is 1. The first-order valence-corrected chi connectivity index (χ1v) is 6.42. The molecule has 1 fully saturated rings. The maximum Gasteiger partial charge on any atom is 0.330 e. The van der Waals surface area contributed by atoms with Gasteiger partial charge in [0.15, 0.2) is 0 Å². The average molecular weight is 245 g/mol. The van der Waals surface area contributed by atoms with Crippen LogP contribution >= 0.6 is 11.8 Å². The maximum atomic E-state index is 11.5. The Morgan fingerprint density at radius 3 is 2.25 bits per heavy atom. The van der Waals surface area contributed by atoms with Crippen molar-refractivity contribution in [3.63, 3.8) is 0 Å². The van der Waals surface area contributed by atoms with Crippen molar-refractivity contribution in [3.8, 4) is 0 Å². The van der Waals surface area contributed by atoms with Crippen molar-refractivity contribution < 1.29 is 14.7 Å². The van der Waals surface area contributed by atoms with Gasteiger partial charge in [-0.15, -0.1) is 0 Å². The molecule has 1 unspecified atom stereocenters. The van der Waals surface area contributed by atoms with Crippen LogP contribution in [0.25, 0.3) is 0 Å². The molecule has 0 radical (unpaired) electrons. The Kier molecular flexibility index (Phi) is 3.57. The third kappa shape index (κ3) is 2.34. The van der Waals surface area contributed by atoms with Gasteiger partial charge >= 0.3 is 5.97 Å². The summed E-state index contributed by atoms with van der Waals surface area (Å²) in [6, 6.07) is 0. The Morgan fingerprint density at radius 2 is 1.88 bits per heavy atom. The van der Waals surface area contributed by atoms with Gasteiger partial charge in [-0.25, -0.2) is 4.79 Å². The van der Waals surface area contributed by atoms with Gasteiger partial charge in [0.25, 0.3) is 0 Å². The van der Waals surface area contributed by atoms with Gasteiger partial charge in [-0.1, -0.05) is 13.8 Å². The molecule has 1 saturated heterocycles. The number of likely N-dealkylation sites (N-methyl/N-ethyl adjacent to an activating group) is 1. The van der Waals surface area contributed by atoms with Gasteiger partial charge in [-0.05, 0) is 17.6 Å². The zero-order chi connectivity index (χ0) is 12.6. The molecular weight excluding hydrogens is 226 g/mol. The summed E-state index contributed by atoms with van der Waals surface area (Å²) in [5.41, 5.74) is -1.09. The summed E-state index contributed by atoms with van der Waals surface area (Å²) in [6.45, 7) is 5.51. The lowest BCUT2D eigenvalue weighted by molar-refractivity contribution is -0.157. The standard InChI is InChI=1S/C11H19NO3S/c1-8(13)12(4)11(9(14)15)5-10(2,3)6-16-7-11/h5-7H2,1-4H3,(H,14,15). The molecule has 0 aromatic carbocycles. The molecule has 4 nitrogen and oxygen atoms in total. The maximum absolute atomic E-state index is 11.5. The fourth-order valence-electron chi connectivity index (χ4n) is 2.19. The van der Waals surface area contributed by atoms with Crippen LogP contribution in [0.3, 0.4) is 0 Å². The summed E-state index contributed by atoms with van der Waals surface area (Å²) in [4.78, 5) is 24.3. The number of carboxylic acids is 1. The lowest BCUT2D eigenvalue weighted by Crippen LogP contribution is -2.60. The van der Waals surface area contributed by atoms with Crippen molar-refractivity contribution >= 4 is 23.6 Å². The van der Waals surface area contributed by atoms with Gasteiger partial charge in [0, 0.05) is 19.7 Å². The third-order valence-corrected chi connectivity index (χ3v) is 4.78. The quantitative estimate of drug-likeness (QED) is 0.800. The molecule has 1 rings (SSSR count). The Hall–Kier alpha value is -0.710. The van der Waals surface area contributed by atoms with E-state index >= 15 is 0 Å². The monoisotopic (exact) mass is 245 g/mol. The number of carbonyl (C=O) groups is 2. The van der Waals surface area contributed by atoms with Crippen molar-refractivity contribution in [3.05, 3.63) is 0 Å². The molecule has 0 spiro atoms. The van der Waals surface area contributed by atoms with Crippen LogP contribution in [0.5, 0.6) is 0 Å². The number of hydrogen-bond donors (Lipinski definition) is 1. The van der Waals surface area contributed by atoms with Gasteiger partial charge in [0.05, 0.1) is 0 Å². The second-order valence-electron chi connectivity index (χ2n) is 5.25. The van der Waals surface area contributed by atoms with E-state index in [1.165, 1.54) is 11.8 Å². The number of thioether (sulfide) groups is 1. The fourth-order valence-corrected chi connectivity index (χ4v) is 3.70. The van der Waals surface area contributed by atoms with E-state index in [2.05, 4.69) is 0 Å². The van der Waals surface area contributed by atoms with Gasteiger partial charge in [-0.3, -0.25) is 4.79 Å². The topological polar surface area (TPSA) is 57.6 Å². The molecule has 5 heteroatoms. The van der Waals surface area contributed by atoms with Crippen molar-refractivity contribution in [1.29, 1.82) is 0 Å². The second kappa shape index (κ2) is 4.28. The van der Waals surface area contributed by atoms with E-state index in [1.54, 1.807) is 18.8 Å². The van der Waals surface area contributed by atoms with Gasteiger partial charge in [0.1, 0.15) is 5.54 Å². The number of carboxylic acid groups (broad SMARTS) is 1. The van der Waals surface area contributed by atoms with E-state index in [0.717, 1.165) is 5.75 Å². The van der Waals surface area contributed by atoms with Crippen LogP contribution in [0.2, 0.25) is 0 Å². The Bertz CT molecular complexity index is 316. The molecule has 1 aliphatic rings. The Labute approximate surface area is 100 Å². The van der Waals surface area contributed by atoms with Crippen molar-refractivity contribution in [1.82, 2.24) is 4.90 Å². The van der Waals surface area contributed by atoms with Crippen LogP contribution < -0.4 is 0 Å². The summed E-state index contributed by atoms with van der Waals surface area (Å²) in [7, 11) is 1.58. The minimum Gasteiger partial charge on any atom is -0.479 e. The summed E-state index contributed by atoms with van der Waals surface area (Å²) < 4.78 is 0. The smallest absolute Gasteiger partial charge is 0.330 e. The first kappa shape index (κ1) is 13.4. The minimum atomic E-state index is -1.04. The van der Waals surface area contributed by atoms with E-state index in [4.69, 9.17) is 0 Å². The number of rotatable bonds is 2. The third-order valence-electron chi connectivity index (χ3n) is 3.12. The zero-order valence-electron chi connectivity index (χ0n) is 10.2. The highest BCUT2D eigenvalue weighted by Crippen LogP contribution is 2.42. The van der Waals surface area contributed by atoms with Crippen LogP contribution in [0, 0.1) is 5.41 Å². The molecular formula is C11H19NO3S. The molecule has 0 aromatic heterocycles. The van der Waals surface area contributed by atoms with E-state index in [0.29, 0.717) is 12.2 Å². The SMILES string of the molecule is CC(=O)N(C)C1(C(=O)O)CSCC(C)(C)C1. The number of hydrogen-bond acceptors (Lipinski definition) is 3. The predicted octanol–water partition coefficient (Wildman–Crippen LogP) is 1.45. The van der Waals surface area contributed by atoms with Gasteiger partial charge in [-0.2, -0.15) is 11.8 Å². The highest BCUT2D eigenvalue weighted by molar-refractivity contribution is 7.99. The highest BCUT2D eigenvalue weighted by Gasteiger charge is 2.50. The minimum absolute atomic E-state index is 0.0506. The van der Waals surface area contributed by atoms with Crippen LogP contribution in [-0.2, 0) is 9.59 Å². The molecule has 1 atom stereocenters. The Morgan fingerprint density at radius 1 is 1.31 bits per heavy atom. The normalized spacial score (nSPS) is 28.5. The molecule has 1 amide bonds. The molecule has 0 aliphatic carbocycles. The molecule has 1 N–H and O–H groups in total. The Balaban J connectivity index is 3.06. The molecule has 0 aromatic rings. The van der Waals surface area contributed by atoms with E-state index in [1.807, 2.05) is 13.8 Å². The van der Waals surface area contributed by atoms with E-state index < -0.39 is 11.5 Å². The van der Waals surface area contributed by atoms with E-state index in [9.17, 15) is 14.7 Å². The van der Waals surface area contributed by atoms with Gasteiger partial charge < -0.3 is 10.0 Å². The summed E-state index contributed by atoms with van der Waals surface area (Å²) in [5, 5.41) is 9.43. The molecule has 1 heterocycles. The molecule has 92 valence electrons. The van der Waals surface area contributed by atoms with Crippen LogP contribution in [0.15, 0.2) is 0 Å². The molecule has 1 aliphatic heterocycles. The highest BCUT2D eigenvalue weighted by atomic mass is 32.2. The van der Waals surface area contributed by atoms with Crippen molar-refractivity contribution in [2.24, 2.45) is 5.41 Å². The van der Waals surface area contributed by atoms with Crippen LogP contribution in [0.4, 0.5) is 0 Å². The van der Waals surface area contributed by atoms with Gasteiger partial charge in [0.2, 0.25) is 5.91 Å².